The number of nitrogens with zero attached hydrogens (tertiary/aromatic N) is 1. The summed E-state index contributed by atoms with van der Waals surface area (Å²) in [6, 6.07) is 21.8. The fourth-order valence-electron chi connectivity index (χ4n) is 3.41. The van der Waals surface area contributed by atoms with E-state index in [2.05, 4.69) is 32.7 Å². The molecule has 4 aromatic rings. The van der Waals surface area contributed by atoms with Crippen LogP contribution in [-0.2, 0) is 6.54 Å². The molecule has 2 aromatic heterocycles. The normalized spacial score (nSPS) is 11.9. The molecule has 2 heterocycles. The smallest absolute Gasteiger partial charge is 0.315 e. The summed E-state index contributed by atoms with van der Waals surface area (Å²) < 4.78 is 0. The third-order valence-corrected chi connectivity index (χ3v) is 4.85. The summed E-state index contributed by atoms with van der Waals surface area (Å²) in [6.07, 6.45) is 5.64. The molecule has 0 bridgehead atoms. The van der Waals surface area contributed by atoms with Crippen molar-refractivity contribution in [3.8, 4) is 0 Å². The number of amides is 2. The minimum atomic E-state index is -0.183. The van der Waals surface area contributed by atoms with Gasteiger partial charge in [0.15, 0.2) is 0 Å². The first kappa shape index (κ1) is 17.8. The molecule has 28 heavy (non-hydrogen) atoms. The number of H-pyrrole nitrogens is 1. The molecule has 5 nitrogen and oxygen atoms in total. The Morgan fingerprint density at radius 3 is 2.61 bits per heavy atom. The number of aromatic nitrogens is 2. The minimum absolute atomic E-state index is 0.00678. The maximum Gasteiger partial charge on any atom is 0.315 e. The number of carbonyl (C=O) groups excluding carboxylic acids is 1. The zero-order chi connectivity index (χ0) is 19.2. The van der Waals surface area contributed by atoms with E-state index in [4.69, 9.17) is 0 Å². The van der Waals surface area contributed by atoms with Crippen LogP contribution in [0.15, 0.2) is 85.3 Å². The average molecular weight is 370 g/mol. The predicted octanol–water partition coefficient (Wildman–Crippen LogP) is 4.19. The molecular weight excluding hydrogens is 348 g/mol. The molecule has 2 aromatic carbocycles. The molecule has 1 unspecified atom stereocenters. The first-order valence-electron chi connectivity index (χ1n) is 9.33. The van der Waals surface area contributed by atoms with Gasteiger partial charge in [-0.2, -0.15) is 0 Å². The zero-order valence-electron chi connectivity index (χ0n) is 15.4. The van der Waals surface area contributed by atoms with Crippen LogP contribution in [-0.4, -0.2) is 22.5 Å². The summed E-state index contributed by atoms with van der Waals surface area (Å²) in [5.41, 5.74) is 4.36. The monoisotopic (exact) mass is 370 g/mol. The average Bonchev–Trinajstić information content (AvgIpc) is 3.18. The summed E-state index contributed by atoms with van der Waals surface area (Å²) in [7, 11) is 0. The third kappa shape index (κ3) is 4.04. The molecular formula is C23H22N4O. The Bertz CT molecular complexity index is 1040. The molecule has 0 saturated heterocycles. The molecule has 140 valence electrons. The molecule has 0 spiro atoms. The highest BCUT2D eigenvalue weighted by molar-refractivity contribution is 5.84. The highest BCUT2D eigenvalue weighted by Gasteiger charge is 2.19. The summed E-state index contributed by atoms with van der Waals surface area (Å²) >= 11 is 0. The van der Waals surface area contributed by atoms with E-state index in [1.165, 1.54) is 0 Å². The van der Waals surface area contributed by atoms with Crippen molar-refractivity contribution in [1.82, 2.24) is 20.6 Å². The van der Waals surface area contributed by atoms with Gasteiger partial charge in [0.2, 0.25) is 0 Å². The molecule has 0 aliphatic rings. The molecule has 5 heteroatoms. The number of para-hydroxylation sites is 1. The van der Waals surface area contributed by atoms with Gasteiger partial charge >= 0.3 is 6.03 Å². The van der Waals surface area contributed by atoms with E-state index in [0.29, 0.717) is 13.1 Å². The van der Waals surface area contributed by atoms with Crippen LogP contribution in [0.2, 0.25) is 0 Å². The van der Waals surface area contributed by atoms with Gasteiger partial charge in [0, 0.05) is 48.5 Å². The molecule has 1 atom stereocenters. The van der Waals surface area contributed by atoms with E-state index in [1.807, 2.05) is 67.0 Å². The number of fused-ring (bicyclic) bond motifs is 1. The Morgan fingerprint density at radius 1 is 0.964 bits per heavy atom. The Labute approximate surface area is 163 Å². The van der Waals surface area contributed by atoms with Crippen LogP contribution in [0.25, 0.3) is 10.9 Å². The number of pyridine rings is 1. The highest BCUT2D eigenvalue weighted by atomic mass is 16.2. The fraction of sp³-hybridized carbons (Fsp3) is 0.130. The first-order valence-corrected chi connectivity index (χ1v) is 9.33. The number of rotatable bonds is 6. The number of hydrogen-bond donors (Lipinski definition) is 3. The molecule has 0 fully saturated rings. The summed E-state index contributed by atoms with van der Waals surface area (Å²) in [5.74, 6) is 0.00678. The molecule has 0 saturated carbocycles. The third-order valence-electron chi connectivity index (χ3n) is 4.85. The van der Waals surface area contributed by atoms with Crippen LogP contribution in [0.1, 0.15) is 22.6 Å². The van der Waals surface area contributed by atoms with Crippen molar-refractivity contribution >= 4 is 16.9 Å². The lowest BCUT2D eigenvalue weighted by atomic mass is 9.92. The SMILES string of the molecule is O=C(NCc1ccccc1)NCC(c1cccnc1)c1c[nH]c2ccccc12. The Kier molecular flexibility index (Phi) is 5.33. The number of hydrogen-bond acceptors (Lipinski definition) is 2. The predicted molar refractivity (Wildman–Crippen MR) is 111 cm³/mol. The van der Waals surface area contributed by atoms with Gasteiger partial charge in [0.1, 0.15) is 0 Å². The second-order valence-corrected chi connectivity index (χ2v) is 6.68. The summed E-state index contributed by atoms with van der Waals surface area (Å²) in [4.78, 5) is 19.9. The van der Waals surface area contributed by atoms with E-state index in [0.717, 1.165) is 27.6 Å². The summed E-state index contributed by atoms with van der Waals surface area (Å²) in [5, 5.41) is 7.08. The number of nitrogens with one attached hydrogen (secondary N) is 3. The van der Waals surface area contributed by atoms with Crippen molar-refractivity contribution in [1.29, 1.82) is 0 Å². The van der Waals surface area contributed by atoms with Crippen molar-refractivity contribution < 1.29 is 4.79 Å². The van der Waals surface area contributed by atoms with Gasteiger partial charge in [-0.15, -0.1) is 0 Å². The van der Waals surface area contributed by atoms with Gasteiger partial charge in [0.25, 0.3) is 0 Å². The Morgan fingerprint density at radius 2 is 1.79 bits per heavy atom. The standard InChI is InChI=1S/C23H22N4O/c28-23(26-13-17-7-2-1-3-8-17)27-15-20(18-9-6-12-24-14-18)21-16-25-22-11-5-4-10-19(21)22/h1-12,14,16,20,25H,13,15H2,(H2,26,27,28). The number of urea groups is 1. The second kappa shape index (κ2) is 8.39. The van der Waals surface area contributed by atoms with Gasteiger partial charge in [-0.05, 0) is 28.8 Å². The van der Waals surface area contributed by atoms with E-state index in [9.17, 15) is 4.79 Å². The van der Waals surface area contributed by atoms with E-state index in [-0.39, 0.29) is 11.9 Å². The van der Waals surface area contributed by atoms with Crippen molar-refractivity contribution in [3.63, 3.8) is 0 Å². The van der Waals surface area contributed by atoms with E-state index < -0.39 is 0 Å². The topological polar surface area (TPSA) is 69.8 Å². The molecule has 3 N–H and O–H groups in total. The van der Waals surface area contributed by atoms with Gasteiger partial charge in [-0.1, -0.05) is 54.6 Å². The maximum absolute atomic E-state index is 12.3. The Balaban J connectivity index is 1.49. The van der Waals surface area contributed by atoms with Gasteiger partial charge in [-0.3, -0.25) is 4.98 Å². The maximum atomic E-state index is 12.3. The fourth-order valence-corrected chi connectivity index (χ4v) is 3.41. The molecule has 0 radical (unpaired) electrons. The number of benzene rings is 2. The molecule has 0 aliphatic carbocycles. The van der Waals surface area contributed by atoms with Crippen LogP contribution in [0.4, 0.5) is 4.79 Å². The Hall–Kier alpha value is -3.60. The number of aromatic amines is 1. The highest BCUT2D eigenvalue weighted by Crippen LogP contribution is 2.30. The lowest BCUT2D eigenvalue weighted by molar-refractivity contribution is 0.240. The van der Waals surface area contributed by atoms with Crippen LogP contribution >= 0.6 is 0 Å². The lowest BCUT2D eigenvalue weighted by Gasteiger charge is -2.18. The molecule has 4 rings (SSSR count). The molecule has 0 aliphatic heterocycles. The largest absolute Gasteiger partial charge is 0.361 e. The lowest BCUT2D eigenvalue weighted by Crippen LogP contribution is -2.37. The summed E-state index contributed by atoms with van der Waals surface area (Å²) in [6.45, 7) is 0.978. The van der Waals surface area contributed by atoms with Crippen LogP contribution in [0.5, 0.6) is 0 Å². The zero-order valence-corrected chi connectivity index (χ0v) is 15.4. The van der Waals surface area contributed by atoms with Crippen LogP contribution < -0.4 is 10.6 Å². The second-order valence-electron chi connectivity index (χ2n) is 6.68. The molecule has 2 amide bonds. The minimum Gasteiger partial charge on any atom is -0.361 e. The van der Waals surface area contributed by atoms with E-state index >= 15 is 0 Å². The number of carbonyl (C=O) groups is 1. The van der Waals surface area contributed by atoms with Crippen molar-refractivity contribution in [2.24, 2.45) is 0 Å². The van der Waals surface area contributed by atoms with Gasteiger partial charge in [-0.25, -0.2) is 4.79 Å². The van der Waals surface area contributed by atoms with Gasteiger partial charge < -0.3 is 15.6 Å². The van der Waals surface area contributed by atoms with Crippen molar-refractivity contribution in [2.75, 3.05) is 6.54 Å². The van der Waals surface area contributed by atoms with Gasteiger partial charge in [0.05, 0.1) is 0 Å². The van der Waals surface area contributed by atoms with Crippen molar-refractivity contribution in [3.05, 3.63) is 102 Å². The quantitative estimate of drug-likeness (QED) is 0.476. The van der Waals surface area contributed by atoms with Crippen LogP contribution in [0.3, 0.4) is 0 Å². The van der Waals surface area contributed by atoms with E-state index in [1.54, 1.807) is 6.20 Å². The van der Waals surface area contributed by atoms with Crippen molar-refractivity contribution in [2.45, 2.75) is 12.5 Å². The first-order chi connectivity index (χ1) is 13.8. The van der Waals surface area contributed by atoms with Crippen LogP contribution in [0, 0.1) is 0 Å².